The lowest BCUT2D eigenvalue weighted by molar-refractivity contribution is -0.137. The minimum atomic E-state index is -4.36. The molecule has 0 saturated heterocycles. The topological polar surface area (TPSA) is 48.4 Å². The second kappa shape index (κ2) is 8.02. The maximum Gasteiger partial charge on any atom is 0.416 e. The van der Waals surface area contributed by atoms with Crippen LogP contribution in [0.1, 0.15) is 26.5 Å². The first-order valence-electron chi connectivity index (χ1n) is 8.23. The van der Waals surface area contributed by atoms with Crippen LogP contribution in [0.4, 0.5) is 13.2 Å². The van der Waals surface area contributed by atoms with Gasteiger partial charge in [-0.25, -0.2) is 9.78 Å². The lowest BCUT2D eigenvalue weighted by Gasteiger charge is -2.06. The number of benzene rings is 2. The molecule has 146 valence electrons. The van der Waals surface area contributed by atoms with Crippen LogP contribution in [0, 0.1) is 6.92 Å². The van der Waals surface area contributed by atoms with Crippen molar-refractivity contribution in [2.45, 2.75) is 19.7 Å². The molecular weight excluding hydrogens is 391 g/mol. The van der Waals surface area contributed by atoms with E-state index in [1.165, 1.54) is 30.6 Å². The molecule has 0 atom stereocenters. The first-order chi connectivity index (χ1) is 13.3. The summed E-state index contributed by atoms with van der Waals surface area (Å²) in [6.45, 7) is 2.09. The molecule has 4 nitrogen and oxygen atoms in total. The molecular formula is C20H16F3NO3S. The number of ether oxygens (including phenoxy) is 2. The number of aryl methyl sites for hydroxylation is 1. The molecule has 0 spiro atoms. The first-order valence-corrected chi connectivity index (χ1v) is 9.04. The van der Waals surface area contributed by atoms with Crippen LogP contribution in [0.5, 0.6) is 5.75 Å². The van der Waals surface area contributed by atoms with Crippen molar-refractivity contribution in [1.82, 2.24) is 4.98 Å². The second-order valence-corrected chi connectivity index (χ2v) is 6.99. The highest BCUT2D eigenvalue weighted by molar-refractivity contribution is 7.15. The molecule has 28 heavy (non-hydrogen) atoms. The van der Waals surface area contributed by atoms with E-state index in [-0.39, 0.29) is 6.61 Å². The molecule has 0 bridgehead atoms. The third kappa shape index (κ3) is 4.51. The molecule has 0 radical (unpaired) electrons. The molecule has 1 aromatic heterocycles. The average molecular weight is 407 g/mol. The van der Waals surface area contributed by atoms with Crippen LogP contribution in [-0.2, 0) is 17.5 Å². The zero-order chi connectivity index (χ0) is 20.3. The Kier molecular flexibility index (Phi) is 5.69. The lowest BCUT2D eigenvalue weighted by atomic mass is 10.1. The highest BCUT2D eigenvalue weighted by Gasteiger charge is 2.30. The highest BCUT2D eigenvalue weighted by atomic mass is 32.1. The summed E-state index contributed by atoms with van der Waals surface area (Å²) in [6.07, 6.45) is -4.36. The smallest absolute Gasteiger partial charge is 0.416 e. The van der Waals surface area contributed by atoms with Crippen molar-refractivity contribution >= 4 is 17.3 Å². The van der Waals surface area contributed by atoms with Crippen molar-refractivity contribution in [2.75, 3.05) is 7.11 Å². The summed E-state index contributed by atoms with van der Waals surface area (Å²) in [5.74, 6) is 0.155. The number of nitrogens with zero attached hydrogens (tertiary/aromatic N) is 1. The Morgan fingerprint density at radius 2 is 1.71 bits per heavy atom. The molecule has 1 heterocycles. The van der Waals surface area contributed by atoms with E-state index < -0.39 is 17.7 Å². The minimum absolute atomic E-state index is 0.266. The van der Waals surface area contributed by atoms with Gasteiger partial charge in [-0.15, -0.1) is 11.3 Å². The largest absolute Gasteiger partial charge is 0.488 e. The fraction of sp³-hybridized carbons (Fsp3) is 0.200. The quantitative estimate of drug-likeness (QED) is 0.524. The van der Waals surface area contributed by atoms with Gasteiger partial charge in [-0.1, -0.05) is 12.1 Å². The Morgan fingerprint density at radius 1 is 1.07 bits per heavy atom. The van der Waals surface area contributed by atoms with Crippen LogP contribution in [-0.4, -0.2) is 18.1 Å². The van der Waals surface area contributed by atoms with Crippen LogP contribution in [0.25, 0.3) is 10.6 Å². The summed E-state index contributed by atoms with van der Waals surface area (Å²) in [6, 6.07) is 11.5. The molecule has 0 fully saturated rings. The third-order valence-electron chi connectivity index (χ3n) is 4.00. The predicted molar refractivity (Wildman–Crippen MR) is 99.4 cm³/mol. The predicted octanol–water partition coefficient (Wildman–Crippen LogP) is 5.50. The van der Waals surface area contributed by atoms with Crippen molar-refractivity contribution in [3.8, 4) is 16.3 Å². The maximum absolute atomic E-state index is 12.7. The standard InChI is InChI=1S/C20H16F3NO3S/c1-12-17(11-27-16-9-5-14(6-10-16)19(25)26-2)28-18(24-12)13-3-7-15(8-4-13)20(21,22)23/h3-10H,11H2,1-2H3. The van der Waals surface area contributed by atoms with E-state index in [0.717, 1.165) is 22.7 Å². The van der Waals surface area contributed by atoms with E-state index in [9.17, 15) is 18.0 Å². The number of alkyl halides is 3. The lowest BCUT2D eigenvalue weighted by Crippen LogP contribution is -2.03. The Labute approximate surface area is 163 Å². The number of hydrogen-bond donors (Lipinski definition) is 0. The van der Waals surface area contributed by atoms with Gasteiger partial charge in [-0.05, 0) is 43.3 Å². The molecule has 0 unspecified atom stereocenters. The van der Waals surface area contributed by atoms with Crippen LogP contribution in [0.15, 0.2) is 48.5 Å². The van der Waals surface area contributed by atoms with Gasteiger partial charge in [0.15, 0.2) is 0 Å². The minimum Gasteiger partial charge on any atom is -0.488 e. The molecule has 8 heteroatoms. The Hall–Kier alpha value is -2.87. The van der Waals surface area contributed by atoms with E-state index >= 15 is 0 Å². The van der Waals surface area contributed by atoms with E-state index in [1.807, 2.05) is 6.92 Å². The molecule has 3 rings (SSSR count). The summed E-state index contributed by atoms with van der Waals surface area (Å²) < 4.78 is 48.4. The zero-order valence-corrected chi connectivity index (χ0v) is 15.9. The number of halogens is 3. The van der Waals surface area contributed by atoms with Gasteiger partial charge in [0, 0.05) is 5.56 Å². The van der Waals surface area contributed by atoms with Gasteiger partial charge in [0.25, 0.3) is 0 Å². The van der Waals surface area contributed by atoms with Crippen molar-refractivity contribution in [1.29, 1.82) is 0 Å². The number of hydrogen-bond acceptors (Lipinski definition) is 5. The average Bonchev–Trinajstić information content (AvgIpc) is 3.06. The molecule has 0 saturated carbocycles. The fourth-order valence-corrected chi connectivity index (χ4v) is 3.42. The SMILES string of the molecule is COC(=O)c1ccc(OCc2sc(-c3ccc(C(F)(F)F)cc3)nc2C)cc1. The van der Waals surface area contributed by atoms with Gasteiger partial charge in [0.1, 0.15) is 17.4 Å². The summed E-state index contributed by atoms with van der Waals surface area (Å²) in [4.78, 5) is 16.7. The first kappa shape index (κ1) is 19.9. The van der Waals surface area contributed by atoms with Crippen molar-refractivity contribution in [3.63, 3.8) is 0 Å². The molecule has 0 aliphatic rings. The van der Waals surface area contributed by atoms with Crippen LogP contribution < -0.4 is 4.74 Å². The van der Waals surface area contributed by atoms with Crippen LogP contribution in [0.2, 0.25) is 0 Å². The van der Waals surface area contributed by atoms with Crippen molar-refractivity contribution < 1.29 is 27.4 Å². The van der Waals surface area contributed by atoms with Gasteiger partial charge in [0.2, 0.25) is 0 Å². The highest BCUT2D eigenvalue weighted by Crippen LogP contribution is 2.33. The zero-order valence-electron chi connectivity index (χ0n) is 15.0. The van der Waals surface area contributed by atoms with Gasteiger partial charge >= 0.3 is 12.1 Å². The number of carbonyl (C=O) groups excluding carboxylic acids is 1. The third-order valence-corrected chi connectivity index (χ3v) is 5.18. The summed E-state index contributed by atoms with van der Waals surface area (Å²) in [5.41, 5.74) is 1.11. The Morgan fingerprint density at radius 3 is 2.29 bits per heavy atom. The van der Waals surface area contributed by atoms with E-state index in [2.05, 4.69) is 9.72 Å². The number of aromatic nitrogens is 1. The van der Waals surface area contributed by atoms with E-state index in [0.29, 0.717) is 21.9 Å². The van der Waals surface area contributed by atoms with Gasteiger partial charge in [-0.3, -0.25) is 0 Å². The number of methoxy groups -OCH3 is 1. The van der Waals surface area contributed by atoms with Crippen molar-refractivity contribution in [2.24, 2.45) is 0 Å². The van der Waals surface area contributed by atoms with Crippen LogP contribution >= 0.6 is 11.3 Å². The summed E-state index contributed by atoms with van der Waals surface area (Å²) in [7, 11) is 1.31. The normalized spacial score (nSPS) is 11.3. The monoisotopic (exact) mass is 407 g/mol. The Balaban J connectivity index is 1.70. The van der Waals surface area contributed by atoms with E-state index in [1.54, 1.807) is 24.3 Å². The van der Waals surface area contributed by atoms with Crippen molar-refractivity contribution in [3.05, 3.63) is 70.2 Å². The summed E-state index contributed by atoms with van der Waals surface area (Å²) >= 11 is 1.37. The molecule has 3 aromatic rings. The molecule has 0 amide bonds. The van der Waals surface area contributed by atoms with Gasteiger partial charge < -0.3 is 9.47 Å². The number of thiazole rings is 1. The number of rotatable bonds is 5. The summed E-state index contributed by atoms with van der Waals surface area (Å²) in [5, 5.41) is 0.630. The second-order valence-electron chi connectivity index (χ2n) is 5.91. The number of carbonyl (C=O) groups is 1. The molecule has 0 aliphatic heterocycles. The van der Waals surface area contributed by atoms with Gasteiger partial charge in [0.05, 0.1) is 28.8 Å². The Bertz CT molecular complexity index is 964. The molecule has 2 aromatic carbocycles. The maximum atomic E-state index is 12.7. The fourth-order valence-electron chi connectivity index (χ4n) is 2.44. The van der Waals surface area contributed by atoms with Crippen LogP contribution in [0.3, 0.4) is 0 Å². The molecule has 0 aliphatic carbocycles. The van der Waals surface area contributed by atoms with E-state index in [4.69, 9.17) is 4.74 Å². The number of esters is 1. The molecule has 0 N–H and O–H groups in total. The van der Waals surface area contributed by atoms with Gasteiger partial charge in [-0.2, -0.15) is 13.2 Å².